The third-order valence-electron chi connectivity index (χ3n) is 4.05. The van der Waals surface area contributed by atoms with Crippen molar-refractivity contribution >= 4 is 12.1 Å². The molecule has 1 saturated carbocycles. The summed E-state index contributed by atoms with van der Waals surface area (Å²) in [5, 5.41) is 9.47. The van der Waals surface area contributed by atoms with Crippen LogP contribution in [0.3, 0.4) is 0 Å². The van der Waals surface area contributed by atoms with Gasteiger partial charge in [0.1, 0.15) is 12.1 Å². The zero-order chi connectivity index (χ0) is 16.2. The van der Waals surface area contributed by atoms with Gasteiger partial charge in [-0.1, -0.05) is 30.3 Å². The fourth-order valence-electron chi connectivity index (χ4n) is 2.63. The summed E-state index contributed by atoms with van der Waals surface area (Å²) in [6.07, 6.45) is -0.188. The van der Waals surface area contributed by atoms with Crippen molar-refractivity contribution in [3.05, 3.63) is 35.9 Å². The zero-order valence-electron chi connectivity index (χ0n) is 12.8. The predicted octanol–water partition coefficient (Wildman–Crippen LogP) is 2.28. The maximum absolute atomic E-state index is 12.1. The minimum Gasteiger partial charge on any atom is -0.479 e. The van der Waals surface area contributed by atoms with E-state index in [1.807, 2.05) is 37.3 Å². The highest BCUT2D eigenvalue weighted by molar-refractivity contribution is 5.85. The summed E-state index contributed by atoms with van der Waals surface area (Å²) in [6, 6.07) is 9.26. The second kappa shape index (κ2) is 6.79. The standard InChI is InChI=1S/C16H21NO5/c1-3-21-13-9-16(10-13,14(18)19)17(2)15(20)22-11-12-7-5-4-6-8-12/h4-8,13H,3,9-11H2,1-2H3,(H,18,19). The molecule has 0 aromatic heterocycles. The number of likely N-dealkylation sites (N-methyl/N-ethyl adjacent to an activating group) is 1. The van der Waals surface area contributed by atoms with E-state index in [2.05, 4.69) is 0 Å². The third-order valence-corrected chi connectivity index (χ3v) is 4.05. The van der Waals surface area contributed by atoms with Crippen molar-refractivity contribution in [1.29, 1.82) is 0 Å². The molecular formula is C16H21NO5. The molecule has 1 aliphatic rings. The molecule has 1 aromatic rings. The van der Waals surface area contributed by atoms with Gasteiger partial charge in [-0.25, -0.2) is 9.59 Å². The van der Waals surface area contributed by atoms with Crippen LogP contribution in [0, 0.1) is 0 Å². The number of hydrogen-bond donors (Lipinski definition) is 1. The van der Waals surface area contributed by atoms with Crippen LogP contribution >= 0.6 is 0 Å². The number of carboxylic acids is 1. The lowest BCUT2D eigenvalue weighted by Crippen LogP contribution is -2.65. The van der Waals surface area contributed by atoms with Gasteiger partial charge in [-0.05, 0) is 12.5 Å². The minimum absolute atomic E-state index is 0.120. The van der Waals surface area contributed by atoms with E-state index in [1.165, 1.54) is 11.9 Å². The molecule has 1 amide bonds. The average molecular weight is 307 g/mol. The van der Waals surface area contributed by atoms with Crippen LogP contribution in [0.5, 0.6) is 0 Å². The highest BCUT2D eigenvalue weighted by atomic mass is 16.6. The van der Waals surface area contributed by atoms with Gasteiger partial charge in [0.2, 0.25) is 0 Å². The number of ether oxygens (including phenoxy) is 2. The highest BCUT2D eigenvalue weighted by Crippen LogP contribution is 2.39. The molecule has 0 spiro atoms. The number of carbonyl (C=O) groups is 2. The molecule has 22 heavy (non-hydrogen) atoms. The van der Waals surface area contributed by atoms with E-state index < -0.39 is 17.6 Å². The van der Waals surface area contributed by atoms with E-state index >= 15 is 0 Å². The van der Waals surface area contributed by atoms with Crippen molar-refractivity contribution in [3.8, 4) is 0 Å². The van der Waals surface area contributed by atoms with E-state index in [9.17, 15) is 14.7 Å². The van der Waals surface area contributed by atoms with Gasteiger partial charge >= 0.3 is 12.1 Å². The Labute approximate surface area is 129 Å². The number of rotatable bonds is 6. The summed E-state index contributed by atoms with van der Waals surface area (Å²) >= 11 is 0. The fraction of sp³-hybridized carbons (Fsp3) is 0.500. The third kappa shape index (κ3) is 3.22. The Bertz CT molecular complexity index is 525. The first-order chi connectivity index (χ1) is 10.5. The molecule has 1 aromatic carbocycles. The molecule has 0 heterocycles. The van der Waals surface area contributed by atoms with Crippen LogP contribution in [-0.4, -0.2) is 47.4 Å². The lowest BCUT2D eigenvalue weighted by atomic mass is 9.73. The summed E-state index contributed by atoms with van der Waals surface area (Å²) in [5.41, 5.74) is -0.373. The number of hydrogen-bond acceptors (Lipinski definition) is 4. The van der Waals surface area contributed by atoms with Crippen molar-refractivity contribution in [3.63, 3.8) is 0 Å². The molecule has 0 radical (unpaired) electrons. The largest absolute Gasteiger partial charge is 0.479 e. The van der Waals surface area contributed by atoms with Gasteiger partial charge in [-0.3, -0.25) is 4.90 Å². The molecule has 2 rings (SSSR count). The number of amides is 1. The van der Waals surface area contributed by atoms with Gasteiger partial charge in [0.05, 0.1) is 6.10 Å². The zero-order valence-corrected chi connectivity index (χ0v) is 12.8. The van der Waals surface area contributed by atoms with Crippen molar-refractivity contribution in [2.75, 3.05) is 13.7 Å². The minimum atomic E-state index is -1.23. The van der Waals surface area contributed by atoms with E-state index in [1.54, 1.807) is 0 Å². The summed E-state index contributed by atoms with van der Waals surface area (Å²) in [7, 11) is 1.46. The SMILES string of the molecule is CCOC1CC(C(=O)O)(N(C)C(=O)OCc2ccccc2)C1. The fourth-order valence-corrected chi connectivity index (χ4v) is 2.63. The Balaban J connectivity index is 1.95. The van der Waals surface area contributed by atoms with Gasteiger partial charge in [0.15, 0.2) is 0 Å². The molecular weight excluding hydrogens is 286 g/mol. The van der Waals surface area contributed by atoms with Crippen molar-refractivity contribution in [1.82, 2.24) is 4.90 Å². The van der Waals surface area contributed by atoms with Crippen molar-refractivity contribution in [2.24, 2.45) is 0 Å². The van der Waals surface area contributed by atoms with Crippen LogP contribution in [0.4, 0.5) is 4.79 Å². The van der Waals surface area contributed by atoms with Crippen LogP contribution in [-0.2, 0) is 20.9 Å². The summed E-state index contributed by atoms with van der Waals surface area (Å²) in [4.78, 5) is 24.9. The van der Waals surface area contributed by atoms with Gasteiger partial charge in [-0.15, -0.1) is 0 Å². The number of nitrogens with zero attached hydrogens (tertiary/aromatic N) is 1. The molecule has 120 valence electrons. The second-order valence-corrected chi connectivity index (χ2v) is 5.42. The Kier molecular flexibility index (Phi) is 5.03. The molecule has 6 nitrogen and oxygen atoms in total. The van der Waals surface area contributed by atoms with Crippen LogP contribution in [0.25, 0.3) is 0 Å². The number of aliphatic carboxylic acids is 1. The van der Waals surface area contributed by atoms with Gasteiger partial charge < -0.3 is 14.6 Å². The van der Waals surface area contributed by atoms with E-state index in [4.69, 9.17) is 9.47 Å². The molecule has 0 bridgehead atoms. The first kappa shape index (κ1) is 16.3. The number of benzene rings is 1. The van der Waals surface area contributed by atoms with Crippen LogP contribution in [0.15, 0.2) is 30.3 Å². The second-order valence-electron chi connectivity index (χ2n) is 5.42. The van der Waals surface area contributed by atoms with E-state index in [0.29, 0.717) is 6.61 Å². The summed E-state index contributed by atoms with van der Waals surface area (Å²) < 4.78 is 10.6. The maximum Gasteiger partial charge on any atom is 0.410 e. The van der Waals surface area contributed by atoms with Crippen molar-refractivity contribution < 1.29 is 24.2 Å². The molecule has 0 unspecified atom stereocenters. The highest BCUT2D eigenvalue weighted by Gasteiger charge is 2.56. The Morgan fingerprint density at radius 3 is 2.50 bits per heavy atom. The molecule has 0 aliphatic heterocycles. The normalized spacial score (nSPS) is 23.5. The van der Waals surface area contributed by atoms with E-state index in [-0.39, 0.29) is 25.6 Å². The summed E-state index contributed by atoms with van der Waals surface area (Å²) in [5.74, 6) is -1.03. The number of carboxylic acid groups (broad SMARTS) is 1. The Hall–Kier alpha value is -2.08. The predicted molar refractivity (Wildman–Crippen MR) is 79.4 cm³/mol. The van der Waals surface area contributed by atoms with Gasteiger partial charge in [0, 0.05) is 26.5 Å². The maximum atomic E-state index is 12.1. The first-order valence-electron chi connectivity index (χ1n) is 7.29. The molecule has 6 heteroatoms. The molecule has 0 saturated heterocycles. The average Bonchev–Trinajstić information content (AvgIpc) is 2.48. The lowest BCUT2D eigenvalue weighted by molar-refractivity contribution is -0.168. The molecule has 1 aliphatic carbocycles. The number of carbonyl (C=O) groups excluding carboxylic acids is 1. The van der Waals surface area contributed by atoms with Crippen LogP contribution in [0.2, 0.25) is 0 Å². The quantitative estimate of drug-likeness (QED) is 0.872. The van der Waals surface area contributed by atoms with Gasteiger partial charge in [-0.2, -0.15) is 0 Å². The van der Waals surface area contributed by atoms with E-state index in [0.717, 1.165) is 5.56 Å². The van der Waals surface area contributed by atoms with Crippen LogP contribution in [0.1, 0.15) is 25.3 Å². The molecule has 1 fully saturated rings. The topological polar surface area (TPSA) is 76.1 Å². The Morgan fingerprint density at radius 1 is 1.32 bits per heavy atom. The van der Waals surface area contributed by atoms with Crippen molar-refractivity contribution in [2.45, 2.75) is 38.0 Å². The smallest absolute Gasteiger partial charge is 0.410 e. The van der Waals surface area contributed by atoms with Gasteiger partial charge in [0.25, 0.3) is 0 Å². The first-order valence-corrected chi connectivity index (χ1v) is 7.29. The molecule has 0 atom stereocenters. The monoisotopic (exact) mass is 307 g/mol. The van der Waals surface area contributed by atoms with Crippen LogP contribution < -0.4 is 0 Å². The molecule has 1 N–H and O–H groups in total. The lowest BCUT2D eigenvalue weighted by Gasteiger charge is -2.48. The Morgan fingerprint density at radius 2 is 1.95 bits per heavy atom. The summed E-state index contributed by atoms with van der Waals surface area (Å²) in [6.45, 7) is 2.51.